The van der Waals surface area contributed by atoms with Crippen molar-refractivity contribution >= 4 is 28.7 Å². The molecule has 0 aromatic carbocycles. The van der Waals surface area contributed by atoms with Crippen LogP contribution in [0.3, 0.4) is 0 Å². The minimum absolute atomic E-state index is 0.0393. The summed E-state index contributed by atoms with van der Waals surface area (Å²) in [6.45, 7) is 7.75. The zero-order valence-electron chi connectivity index (χ0n) is 13.7. The second-order valence-corrected chi connectivity index (χ2v) is 6.37. The van der Waals surface area contributed by atoms with E-state index in [2.05, 4.69) is 29.0 Å². The first kappa shape index (κ1) is 17.6. The number of anilines is 1. The largest absolute Gasteiger partial charge is 0.357 e. The first-order chi connectivity index (χ1) is 11.1. The predicted octanol–water partition coefficient (Wildman–Crippen LogP) is 2.10. The minimum atomic E-state index is -0.0393. The molecule has 7 heteroatoms. The normalized spacial score (nSPS) is 14.2. The molecule has 2 heterocycles. The number of amides is 2. The number of hydrogen-bond donors (Lipinski definition) is 1. The van der Waals surface area contributed by atoms with E-state index in [1.807, 2.05) is 12.1 Å². The Labute approximate surface area is 141 Å². The molecular weight excluding hydrogens is 312 g/mol. The number of nitrogens with zero attached hydrogens (tertiary/aromatic N) is 3. The molecule has 0 aliphatic carbocycles. The van der Waals surface area contributed by atoms with Crippen LogP contribution < -0.4 is 10.2 Å². The van der Waals surface area contributed by atoms with Gasteiger partial charge in [0.15, 0.2) is 0 Å². The molecule has 2 rings (SSSR count). The number of aromatic nitrogens is 1. The van der Waals surface area contributed by atoms with Crippen LogP contribution in [-0.2, 0) is 11.3 Å². The monoisotopic (exact) mass is 336 g/mol. The molecular formula is C16H24N4O2S. The summed E-state index contributed by atoms with van der Waals surface area (Å²) < 4.78 is 0. The van der Waals surface area contributed by atoms with Crippen LogP contribution >= 0.6 is 11.8 Å². The van der Waals surface area contributed by atoms with Gasteiger partial charge in [-0.25, -0.2) is 4.98 Å². The number of carbonyl (C=O) groups excluding carboxylic acids is 2. The Hall–Kier alpha value is -1.76. The summed E-state index contributed by atoms with van der Waals surface area (Å²) in [6, 6.07) is 3.97. The summed E-state index contributed by atoms with van der Waals surface area (Å²) in [7, 11) is 0. The summed E-state index contributed by atoms with van der Waals surface area (Å²) in [6.07, 6.45) is 2.14. The fraction of sp³-hybridized carbons (Fsp3) is 0.562. The fourth-order valence-electron chi connectivity index (χ4n) is 2.41. The third-order valence-corrected chi connectivity index (χ3v) is 4.73. The number of hydrogen-bond acceptors (Lipinski definition) is 5. The van der Waals surface area contributed by atoms with E-state index < -0.39 is 0 Å². The van der Waals surface area contributed by atoms with E-state index >= 15 is 0 Å². The first-order valence-electron chi connectivity index (χ1n) is 8.02. The summed E-state index contributed by atoms with van der Waals surface area (Å²) in [5.74, 6) is 1.74. The van der Waals surface area contributed by atoms with Crippen LogP contribution in [0.4, 0.5) is 10.6 Å². The Morgan fingerprint density at radius 3 is 2.74 bits per heavy atom. The van der Waals surface area contributed by atoms with E-state index in [0.29, 0.717) is 19.5 Å². The van der Waals surface area contributed by atoms with Gasteiger partial charge >= 0.3 is 0 Å². The number of thioether (sulfide) groups is 1. The zero-order chi connectivity index (χ0) is 16.7. The molecule has 6 nitrogen and oxygen atoms in total. The summed E-state index contributed by atoms with van der Waals surface area (Å²) in [5, 5.41) is 2.95. The first-order valence-corrected chi connectivity index (χ1v) is 9.00. The highest BCUT2D eigenvalue weighted by molar-refractivity contribution is 8.13. The molecule has 1 aliphatic rings. The van der Waals surface area contributed by atoms with Crippen LogP contribution in [0.15, 0.2) is 18.3 Å². The Kier molecular flexibility index (Phi) is 6.70. The molecule has 0 saturated carbocycles. The Morgan fingerprint density at radius 2 is 2.17 bits per heavy atom. The number of nitrogens with one attached hydrogen (secondary N) is 1. The smallest absolute Gasteiger partial charge is 0.281 e. The van der Waals surface area contributed by atoms with E-state index in [4.69, 9.17) is 0 Å². The van der Waals surface area contributed by atoms with Crippen molar-refractivity contribution in [2.75, 3.05) is 36.8 Å². The topological polar surface area (TPSA) is 65.5 Å². The molecule has 1 N–H and O–H groups in total. The van der Waals surface area contributed by atoms with Crippen LogP contribution in [0, 0.1) is 0 Å². The second kappa shape index (κ2) is 8.76. The number of rotatable bonds is 8. The molecule has 1 saturated heterocycles. The highest BCUT2D eigenvalue weighted by Crippen LogP contribution is 2.17. The van der Waals surface area contributed by atoms with Gasteiger partial charge in [-0.15, -0.1) is 0 Å². The van der Waals surface area contributed by atoms with Crippen molar-refractivity contribution in [3.63, 3.8) is 0 Å². The fourth-order valence-corrected chi connectivity index (χ4v) is 3.26. The van der Waals surface area contributed by atoms with Crippen LogP contribution in [-0.4, -0.2) is 53.0 Å². The van der Waals surface area contributed by atoms with Crippen molar-refractivity contribution in [1.29, 1.82) is 0 Å². The molecule has 0 radical (unpaired) electrons. The van der Waals surface area contributed by atoms with Gasteiger partial charge in [-0.2, -0.15) is 0 Å². The molecule has 23 heavy (non-hydrogen) atoms. The van der Waals surface area contributed by atoms with Gasteiger partial charge in [0.05, 0.1) is 0 Å². The average molecular weight is 336 g/mol. The molecule has 2 amide bonds. The molecule has 1 aliphatic heterocycles. The standard InChI is InChI=1S/C16H24N4O2S/c1-3-19(4-2)14-6-5-13(11-17-14)12-18-15(21)7-8-20-9-10-23-16(20)22/h5-6,11H,3-4,7-10,12H2,1-2H3,(H,18,21). The maximum Gasteiger partial charge on any atom is 0.281 e. The summed E-state index contributed by atoms with van der Waals surface area (Å²) >= 11 is 1.32. The molecule has 126 valence electrons. The molecule has 0 bridgehead atoms. The van der Waals surface area contributed by atoms with E-state index in [1.54, 1.807) is 11.1 Å². The number of pyridine rings is 1. The molecule has 1 fully saturated rings. The van der Waals surface area contributed by atoms with Crippen molar-refractivity contribution < 1.29 is 9.59 Å². The van der Waals surface area contributed by atoms with Crippen LogP contribution in [0.5, 0.6) is 0 Å². The van der Waals surface area contributed by atoms with Gasteiger partial charge in [0, 0.05) is 51.1 Å². The molecule has 0 spiro atoms. The number of carbonyl (C=O) groups is 2. The van der Waals surface area contributed by atoms with E-state index in [0.717, 1.165) is 36.8 Å². The summed E-state index contributed by atoms with van der Waals surface area (Å²) in [4.78, 5) is 31.6. The van der Waals surface area contributed by atoms with Crippen LogP contribution in [0.1, 0.15) is 25.8 Å². The highest BCUT2D eigenvalue weighted by atomic mass is 32.2. The average Bonchev–Trinajstić information content (AvgIpc) is 2.98. The van der Waals surface area contributed by atoms with Gasteiger partial charge in [-0.1, -0.05) is 17.8 Å². The lowest BCUT2D eigenvalue weighted by Crippen LogP contribution is -2.30. The van der Waals surface area contributed by atoms with Gasteiger partial charge < -0.3 is 15.1 Å². The SMILES string of the molecule is CCN(CC)c1ccc(CNC(=O)CCN2CCSC2=O)cn1. The van der Waals surface area contributed by atoms with Gasteiger partial charge in [-0.3, -0.25) is 9.59 Å². The lowest BCUT2D eigenvalue weighted by Gasteiger charge is -2.19. The van der Waals surface area contributed by atoms with Crippen molar-refractivity contribution in [2.45, 2.75) is 26.8 Å². The Balaban J connectivity index is 1.74. The van der Waals surface area contributed by atoms with Crippen molar-refractivity contribution in [1.82, 2.24) is 15.2 Å². The van der Waals surface area contributed by atoms with Gasteiger partial charge in [0.1, 0.15) is 5.82 Å². The molecule has 1 aromatic rings. The van der Waals surface area contributed by atoms with Crippen molar-refractivity contribution in [3.8, 4) is 0 Å². The third-order valence-electron chi connectivity index (χ3n) is 3.84. The third kappa shape index (κ3) is 5.13. The zero-order valence-corrected chi connectivity index (χ0v) is 14.6. The van der Waals surface area contributed by atoms with Crippen molar-refractivity contribution in [2.24, 2.45) is 0 Å². The van der Waals surface area contributed by atoms with E-state index in [9.17, 15) is 9.59 Å². The maximum absolute atomic E-state index is 11.9. The highest BCUT2D eigenvalue weighted by Gasteiger charge is 2.21. The van der Waals surface area contributed by atoms with Crippen molar-refractivity contribution in [3.05, 3.63) is 23.9 Å². The Bertz CT molecular complexity index is 531. The van der Waals surface area contributed by atoms with Crippen LogP contribution in [0.25, 0.3) is 0 Å². The van der Waals surface area contributed by atoms with Gasteiger partial charge in [-0.05, 0) is 25.5 Å². The van der Waals surface area contributed by atoms with E-state index in [-0.39, 0.29) is 11.1 Å². The summed E-state index contributed by atoms with van der Waals surface area (Å²) in [5.41, 5.74) is 0.974. The second-order valence-electron chi connectivity index (χ2n) is 5.33. The predicted molar refractivity (Wildman–Crippen MR) is 93.7 cm³/mol. The molecule has 0 atom stereocenters. The van der Waals surface area contributed by atoms with Gasteiger partial charge in [0.25, 0.3) is 5.24 Å². The lowest BCUT2D eigenvalue weighted by atomic mass is 10.2. The van der Waals surface area contributed by atoms with Gasteiger partial charge in [0.2, 0.25) is 5.91 Å². The maximum atomic E-state index is 11.9. The van der Waals surface area contributed by atoms with E-state index in [1.165, 1.54) is 11.8 Å². The lowest BCUT2D eigenvalue weighted by molar-refractivity contribution is -0.121. The van der Waals surface area contributed by atoms with Crippen LogP contribution in [0.2, 0.25) is 0 Å². The Morgan fingerprint density at radius 1 is 1.39 bits per heavy atom. The molecule has 1 aromatic heterocycles. The minimum Gasteiger partial charge on any atom is -0.357 e. The quantitative estimate of drug-likeness (QED) is 0.787. The molecule has 0 unspecified atom stereocenters.